The molecule has 0 spiro atoms. The molecule has 0 saturated heterocycles. The summed E-state index contributed by atoms with van der Waals surface area (Å²) >= 11 is 4.77. The Bertz CT molecular complexity index is 406. The molecule has 1 atom stereocenters. The Hall–Kier alpha value is -1.49. The van der Waals surface area contributed by atoms with Crippen molar-refractivity contribution < 1.29 is 4.79 Å². The minimum Gasteiger partial charge on any atom is -0.393 e. The first-order valence-electron chi connectivity index (χ1n) is 5.02. The van der Waals surface area contributed by atoms with Gasteiger partial charge in [-0.15, -0.1) is 0 Å². The van der Waals surface area contributed by atoms with E-state index in [1.54, 1.807) is 12.1 Å². The van der Waals surface area contributed by atoms with Gasteiger partial charge in [0.25, 0.3) is 5.91 Å². The van der Waals surface area contributed by atoms with Gasteiger partial charge in [0.2, 0.25) is 0 Å². The molecule has 5 heteroatoms. The molecular weight excluding hydrogens is 222 g/mol. The predicted octanol–water partition coefficient (Wildman–Crippen LogP) is 1.18. The SMILES string of the molecule is Cc1cccc(C(=O)NC(C)CC(N)=S)n1. The van der Waals surface area contributed by atoms with Crippen LogP contribution in [0.15, 0.2) is 18.2 Å². The van der Waals surface area contributed by atoms with Gasteiger partial charge in [-0.05, 0) is 26.0 Å². The fourth-order valence-electron chi connectivity index (χ4n) is 1.32. The molecule has 0 radical (unpaired) electrons. The highest BCUT2D eigenvalue weighted by molar-refractivity contribution is 7.80. The molecule has 1 aromatic heterocycles. The molecule has 0 fully saturated rings. The van der Waals surface area contributed by atoms with Crippen LogP contribution in [-0.2, 0) is 0 Å². The topological polar surface area (TPSA) is 68.0 Å². The van der Waals surface area contributed by atoms with Gasteiger partial charge < -0.3 is 11.1 Å². The van der Waals surface area contributed by atoms with Gasteiger partial charge in [0.1, 0.15) is 5.69 Å². The number of amides is 1. The van der Waals surface area contributed by atoms with E-state index in [0.717, 1.165) is 5.69 Å². The van der Waals surface area contributed by atoms with Gasteiger partial charge in [-0.1, -0.05) is 18.3 Å². The molecule has 4 nitrogen and oxygen atoms in total. The summed E-state index contributed by atoms with van der Waals surface area (Å²) in [6.07, 6.45) is 0.493. The van der Waals surface area contributed by atoms with Crippen LogP contribution in [-0.4, -0.2) is 21.9 Å². The summed E-state index contributed by atoms with van der Waals surface area (Å²) < 4.78 is 0. The van der Waals surface area contributed by atoms with E-state index < -0.39 is 0 Å². The van der Waals surface area contributed by atoms with Crippen LogP contribution in [0.25, 0.3) is 0 Å². The first kappa shape index (κ1) is 12.6. The minimum atomic E-state index is -0.201. The van der Waals surface area contributed by atoms with Crippen molar-refractivity contribution in [2.24, 2.45) is 5.73 Å². The molecule has 1 rings (SSSR count). The maximum Gasteiger partial charge on any atom is 0.270 e. The van der Waals surface area contributed by atoms with Gasteiger partial charge in [-0.3, -0.25) is 4.79 Å². The van der Waals surface area contributed by atoms with E-state index in [4.69, 9.17) is 18.0 Å². The minimum absolute atomic E-state index is 0.0766. The second-order valence-electron chi connectivity index (χ2n) is 3.71. The van der Waals surface area contributed by atoms with Gasteiger partial charge >= 0.3 is 0 Å². The van der Waals surface area contributed by atoms with Crippen molar-refractivity contribution in [1.29, 1.82) is 0 Å². The van der Waals surface area contributed by atoms with E-state index in [9.17, 15) is 4.79 Å². The highest BCUT2D eigenvalue weighted by Crippen LogP contribution is 1.99. The molecule has 86 valence electrons. The summed E-state index contributed by atoms with van der Waals surface area (Å²) in [7, 11) is 0. The first-order valence-corrected chi connectivity index (χ1v) is 5.42. The molecule has 0 saturated carbocycles. The van der Waals surface area contributed by atoms with Crippen LogP contribution in [0.5, 0.6) is 0 Å². The molecule has 1 unspecified atom stereocenters. The van der Waals surface area contributed by atoms with Crippen LogP contribution in [0.1, 0.15) is 29.5 Å². The summed E-state index contributed by atoms with van der Waals surface area (Å²) in [5.74, 6) is -0.201. The lowest BCUT2D eigenvalue weighted by molar-refractivity contribution is 0.0936. The standard InChI is InChI=1S/C11H15N3OS/c1-7-4-3-5-9(13-7)11(15)14-8(2)6-10(12)16/h3-5,8H,6H2,1-2H3,(H2,12,16)(H,14,15). The Labute approximate surface area is 100 Å². The third-order valence-corrected chi connectivity index (χ3v) is 2.17. The molecule has 1 amide bonds. The van der Waals surface area contributed by atoms with Crippen molar-refractivity contribution in [3.05, 3.63) is 29.6 Å². The smallest absolute Gasteiger partial charge is 0.270 e. The summed E-state index contributed by atoms with van der Waals surface area (Å²) in [4.78, 5) is 16.3. The van der Waals surface area contributed by atoms with Crippen LogP contribution in [0, 0.1) is 6.92 Å². The van der Waals surface area contributed by atoms with Crippen molar-refractivity contribution >= 4 is 23.1 Å². The van der Waals surface area contributed by atoms with E-state index in [-0.39, 0.29) is 11.9 Å². The third kappa shape index (κ3) is 3.94. The van der Waals surface area contributed by atoms with Gasteiger partial charge in [0.15, 0.2) is 0 Å². The molecule has 16 heavy (non-hydrogen) atoms. The van der Waals surface area contributed by atoms with Crippen LogP contribution in [0.2, 0.25) is 0 Å². The van der Waals surface area contributed by atoms with Crippen molar-refractivity contribution in [3.8, 4) is 0 Å². The molecule has 3 N–H and O–H groups in total. The second kappa shape index (κ2) is 5.55. The third-order valence-electron chi connectivity index (χ3n) is 2.01. The fraction of sp³-hybridized carbons (Fsp3) is 0.364. The van der Waals surface area contributed by atoms with Crippen molar-refractivity contribution in [1.82, 2.24) is 10.3 Å². The van der Waals surface area contributed by atoms with E-state index in [1.165, 1.54) is 0 Å². The molecule has 0 aromatic carbocycles. The Morgan fingerprint density at radius 1 is 1.62 bits per heavy atom. The Morgan fingerprint density at radius 2 is 2.31 bits per heavy atom. The quantitative estimate of drug-likeness (QED) is 0.772. The van der Waals surface area contributed by atoms with Crippen molar-refractivity contribution in [3.63, 3.8) is 0 Å². The Morgan fingerprint density at radius 3 is 2.88 bits per heavy atom. The normalized spacial score (nSPS) is 11.9. The second-order valence-corrected chi connectivity index (χ2v) is 4.23. The number of aromatic nitrogens is 1. The molecule has 1 heterocycles. The van der Waals surface area contributed by atoms with Crippen LogP contribution in [0.3, 0.4) is 0 Å². The maximum atomic E-state index is 11.7. The Balaban J connectivity index is 2.62. The van der Waals surface area contributed by atoms with Gasteiger partial charge in [-0.25, -0.2) is 4.98 Å². The number of carbonyl (C=O) groups is 1. The lowest BCUT2D eigenvalue weighted by atomic mass is 10.2. The van der Waals surface area contributed by atoms with Crippen LogP contribution < -0.4 is 11.1 Å². The number of nitrogens with two attached hydrogens (primary N) is 1. The highest BCUT2D eigenvalue weighted by Gasteiger charge is 2.11. The number of aryl methyl sites for hydroxylation is 1. The van der Waals surface area contributed by atoms with E-state index in [1.807, 2.05) is 19.9 Å². The summed E-state index contributed by atoms with van der Waals surface area (Å²) in [6.45, 7) is 3.70. The average molecular weight is 237 g/mol. The number of pyridine rings is 1. The average Bonchev–Trinajstić information content (AvgIpc) is 2.16. The maximum absolute atomic E-state index is 11.7. The molecule has 1 aromatic rings. The zero-order valence-corrected chi connectivity index (χ0v) is 10.2. The largest absolute Gasteiger partial charge is 0.393 e. The number of thiocarbonyl (C=S) groups is 1. The number of rotatable bonds is 4. The highest BCUT2D eigenvalue weighted by atomic mass is 32.1. The summed E-state index contributed by atoms with van der Waals surface area (Å²) in [5.41, 5.74) is 6.62. The molecule has 0 aliphatic heterocycles. The molecular formula is C11H15N3OS. The summed E-state index contributed by atoms with van der Waals surface area (Å²) in [6, 6.07) is 5.24. The molecule has 0 bridgehead atoms. The van der Waals surface area contributed by atoms with Gasteiger partial charge in [0, 0.05) is 18.2 Å². The van der Waals surface area contributed by atoms with Crippen LogP contribution >= 0.6 is 12.2 Å². The van der Waals surface area contributed by atoms with E-state index in [0.29, 0.717) is 17.1 Å². The molecule has 0 aliphatic rings. The number of nitrogens with one attached hydrogen (secondary N) is 1. The van der Waals surface area contributed by atoms with Gasteiger partial charge in [0.05, 0.1) is 4.99 Å². The lowest BCUT2D eigenvalue weighted by Crippen LogP contribution is -2.35. The predicted molar refractivity (Wildman–Crippen MR) is 67.3 cm³/mol. The zero-order valence-electron chi connectivity index (χ0n) is 9.36. The van der Waals surface area contributed by atoms with Crippen molar-refractivity contribution in [2.45, 2.75) is 26.3 Å². The number of nitrogens with zero attached hydrogens (tertiary/aromatic N) is 1. The monoisotopic (exact) mass is 237 g/mol. The number of carbonyl (C=O) groups excluding carboxylic acids is 1. The Kier molecular flexibility index (Phi) is 4.37. The molecule has 0 aliphatic carbocycles. The number of hydrogen-bond donors (Lipinski definition) is 2. The van der Waals surface area contributed by atoms with E-state index >= 15 is 0 Å². The summed E-state index contributed by atoms with van der Waals surface area (Å²) in [5, 5.41) is 2.79. The fourth-order valence-corrected chi connectivity index (χ4v) is 1.57. The zero-order chi connectivity index (χ0) is 12.1. The first-order chi connectivity index (χ1) is 7.49. The lowest BCUT2D eigenvalue weighted by Gasteiger charge is -2.12. The van der Waals surface area contributed by atoms with E-state index in [2.05, 4.69) is 10.3 Å². The van der Waals surface area contributed by atoms with Gasteiger partial charge in [-0.2, -0.15) is 0 Å². The van der Waals surface area contributed by atoms with Crippen molar-refractivity contribution in [2.75, 3.05) is 0 Å². The number of hydrogen-bond acceptors (Lipinski definition) is 3. The van der Waals surface area contributed by atoms with Crippen LogP contribution in [0.4, 0.5) is 0 Å².